The van der Waals surface area contributed by atoms with Crippen LogP contribution in [0.25, 0.3) is 11.0 Å². The van der Waals surface area contributed by atoms with Crippen LogP contribution in [0.3, 0.4) is 0 Å². The molecule has 618 valence electrons. The molecule has 4 heterocycles. The van der Waals surface area contributed by atoms with E-state index in [2.05, 4.69) is 73.8 Å². The van der Waals surface area contributed by atoms with Gasteiger partial charge >= 0.3 is 0 Å². The Bertz CT molecular complexity index is 4170. The normalized spacial score (nSPS) is 25.4. The Labute approximate surface area is 670 Å². The number of hydrogen-bond donors (Lipinski definition) is 18. The minimum Gasteiger partial charge on any atom is -0.508 e. The summed E-state index contributed by atoms with van der Waals surface area (Å²) in [7, 11) is 0. The standard InChI is InChI=1S/C80H109N15O17S2/c1-7-16-55-70(103)88-60-39-63(101)82-32-13-9-12-22-56(71(104)93-64(44(2)96)76(109)89-59(73(106)85-55)38-51-40-84-69-54(51)21-15-33-83-69)86-72(105)57(36-46-23-27-52(98)28-24-46)90-79(112)67(80(4,5)6)92-62(100)31-34-113-41-48-17-14-18-49(35-48)42-114-43-61(68(81)102)91-77(110)65(45(3)97)94-78(111)66(50-19-10-8-11-20-50)95-75(108)58(87-74(60)107)37-47-25-29-53(99)30-26-47/h14-15,17-18,21,23-30,33,35,40,44-45,50,55-61,64-67,96-99H,7-13,16,19-20,22,31-32,34,36-39,41-43H2,1-6H3,(H2,81,102)(H,82,101)(H,83,84)(H,85,106)(H,86,105)(H,87,107)(H,88,103)(H,89,109)(H,90,112)(H,91,110)(H,92,100)(H,93,104)(H,94,111)(H,95,108)/t44-,45-,55+,56+,57+,58+,59+,60+,61+,64+,65+,66+,67-/m1/s1. The summed E-state index contributed by atoms with van der Waals surface area (Å²) < 4.78 is 0. The maximum atomic E-state index is 15.2. The average molecular weight is 1620 g/mol. The van der Waals surface area contributed by atoms with Gasteiger partial charge in [-0.15, -0.1) is 0 Å². The van der Waals surface area contributed by atoms with E-state index >= 15 is 19.2 Å². The van der Waals surface area contributed by atoms with Crippen molar-refractivity contribution in [3.8, 4) is 11.5 Å². The summed E-state index contributed by atoms with van der Waals surface area (Å²) in [5.41, 5.74) is 8.36. The van der Waals surface area contributed by atoms with Crippen molar-refractivity contribution in [3.05, 3.63) is 125 Å². The Morgan fingerprint density at radius 1 is 0.544 bits per heavy atom. The number of nitrogens with one attached hydrogen (secondary N) is 13. The van der Waals surface area contributed by atoms with Crippen molar-refractivity contribution in [3.63, 3.8) is 0 Å². The zero-order valence-electron chi connectivity index (χ0n) is 65.1. The second-order valence-corrected chi connectivity index (χ2v) is 32.7. The number of benzene rings is 3. The van der Waals surface area contributed by atoms with E-state index in [1.165, 1.54) is 92.1 Å². The van der Waals surface area contributed by atoms with E-state index in [1.807, 2.05) is 24.3 Å². The summed E-state index contributed by atoms with van der Waals surface area (Å²) in [5, 5.41) is 76.2. The lowest BCUT2D eigenvalue weighted by Crippen LogP contribution is -2.63. The predicted molar refractivity (Wildman–Crippen MR) is 428 cm³/mol. The second-order valence-electron chi connectivity index (χ2n) is 30.5. The van der Waals surface area contributed by atoms with Gasteiger partial charge in [0.05, 0.1) is 18.6 Å². The Kier molecular flexibility index (Phi) is 33.8. The van der Waals surface area contributed by atoms with Crippen molar-refractivity contribution in [1.82, 2.24) is 73.8 Å². The van der Waals surface area contributed by atoms with Crippen LogP contribution >= 0.6 is 23.5 Å². The number of phenols is 2. The number of aromatic hydroxyl groups is 2. The molecule has 8 rings (SSSR count). The molecule has 0 unspecified atom stereocenters. The highest BCUT2D eigenvalue weighted by atomic mass is 32.2. The number of phenolic OH excluding ortho intramolecular Hbond substituents is 2. The van der Waals surface area contributed by atoms with Gasteiger partial charge in [-0.25, -0.2) is 4.98 Å². The number of thioether (sulfide) groups is 2. The minimum atomic E-state index is -1.83. The Morgan fingerprint density at radius 3 is 1.68 bits per heavy atom. The molecule has 32 nitrogen and oxygen atoms in total. The molecule has 2 aliphatic heterocycles. The van der Waals surface area contributed by atoms with Gasteiger partial charge in [-0.1, -0.05) is 115 Å². The lowest BCUT2D eigenvalue weighted by Gasteiger charge is -2.33. The van der Waals surface area contributed by atoms with Crippen LogP contribution in [0.15, 0.2) is 97.3 Å². The largest absolute Gasteiger partial charge is 0.508 e. The van der Waals surface area contributed by atoms with E-state index < -0.39 is 173 Å². The first-order valence-corrected chi connectivity index (χ1v) is 41.1. The van der Waals surface area contributed by atoms with Gasteiger partial charge < -0.3 is 94.9 Å². The number of aromatic nitrogens is 2. The summed E-state index contributed by atoms with van der Waals surface area (Å²) in [5.74, 6) is -11.4. The zero-order valence-corrected chi connectivity index (χ0v) is 66.7. The molecule has 3 aliphatic rings. The number of H-pyrrole nitrogens is 1. The fraction of sp³-hybridized carbons (Fsp3) is 0.525. The Morgan fingerprint density at radius 2 is 1.07 bits per heavy atom. The molecule has 13 atom stereocenters. The van der Waals surface area contributed by atoms with E-state index in [0.717, 1.165) is 17.5 Å². The van der Waals surface area contributed by atoms with E-state index in [4.69, 9.17) is 5.73 Å². The topological polar surface area (TPSA) is 502 Å². The number of nitrogens with zero attached hydrogens (tertiary/aromatic N) is 1. The highest BCUT2D eigenvalue weighted by Gasteiger charge is 2.42. The molecule has 1 saturated heterocycles. The predicted octanol–water partition coefficient (Wildman–Crippen LogP) is 1.66. The summed E-state index contributed by atoms with van der Waals surface area (Å²) in [6, 6.07) is 5.33. The van der Waals surface area contributed by atoms with E-state index in [1.54, 1.807) is 46.0 Å². The van der Waals surface area contributed by atoms with Crippen LogP contribution in [0.1, 0.15) is 153 Å². The number of amides is 13. The third-order valence-electron chi connectivity index (χ3n) is 20.2. The SMILES string of the molecule is CCC[C@@H]1NC(=O)[C@H](Cc2c[nH]c3ncccc23)NC(=O)[C@H]([C@@H](C)O)NC(=O)[C@@H]2CCCCCNC(=O)C[C@H](NC1=O)C(=O)N[C@@H](Cc1ccc(O)cc1)C(=O)N[C@@H](C1CCCCC1)C(=O)N[C@@H]([C@@H](C)O)C(=O)N[C@H](C(N)=O)CSCc1cccc(c1)CSCCC(=O)N[C@@H](C(C)(C)C)C(=O)N[C@@H](Cc1ccc(O)cc1)C(=O)N2. The molecular weight excluding hydrogens is 1510 g/mol. The maximum Gasteiger partial charge on any atom is 0.245 e. The first-order chi connectivity index (χ1) is 54.3. The lowest BCUT2D eigenvalue weighted by atomic mass is 9.83. The molecule has 0 spiro atoms. The minimum absolute atomic E-state index is 0.0280. The van der Waals surface area contributed by atoms with E-state index in [9.17, 15) is 63.6 Å². The molecule has 4 bridgehead atoms. The molecule has 0 radical (unpaired) electrons. The van der Waals surface area contributed by atoms with Crippen LogP contribution in [0.4, 0.5) is 0 Å². The summed E-state index contributed by atoms with van der Waals surface area (Å²) in [4.78, 5) is 198. The smallest absolute Gasteiger partial charge is 0.245 e. The molecule has 34 heteroatoms. The maximum absolute atomic E-state index is 15.2. The van der Waals surface area contributed by atoms with Crippen molar-refractivity contribution < 1.29 is 82.8 Å². The van der Waals surface area contributed by atoms with Gasteiger partial charge in [0.15, 0.2) is 0 Å². The summed E-state index contributed by atoms with van der Waals surface area (Å²) >= 11 is 2.72. The molecule has 1 aliphatic carbocycles. The fourth-order valence-corrected chi connectivity index (χ4v) is 15.7. The number of carbonyl (C=O) groups excluding carboxylic acids is 13. The second kappa shape index (κ2) is 43.2. The molecule has 114 heavy (non-hydrogen) atoms. The average Bonchev–Trinajstić information content (AvgIpc) is 1.68. The monoisotopic (exact) mass is 1620 g/mol. The zero-order chi connectivity index (χ0) is 82.8. The van der Waals surface area contributed by atoms with Crippen LogP contribution in [-0.2, 0) is 93.1 Å². The first-order valence-electron chi connectivity index (χ1n) is 38.8. The molecular formula is C80H109N15O17S2. The molecule has 13 amide bonds. The number of aliphatic hydroxyl groups excluding tert-OH is 2. The third-order valence-corrected chi connectivity index (χ3v) is 22.3. The van der Waals surface area contributed by atoms with E-state index in [0.29, 0.717) is 70.7 Å². The summed E-state index contributed by atoms with van der Waals surface area (Å²) in [6.07, 6.45) is 1.73. The van der Waals surface area contributed by atoms with Crippen molar-refractivity contribution in [2.24, 2.45) is 17.1 Å². The third kappa shape index (κ3) is 27.2. The van der Waals surface area contributed by atoms with E-state index in [-0.39, 0.29) is 88.0 Å². The van der Waals surface area contributed by atoms with Gasteiger partial charge in [-0.2, -0.15) is 23.5 Å². The van der Waals surface area contributed by atoms with Gasteiger partial charge in [-0.3, -0.25) is 62.3 Å². The number of fused-ring (bicyclic) bond motifs is 12. The van der Waals surface area contributed by atoms with Gasteiger partial charge in [0, 0.05) is 73.0 Å². The Balaban J connectivity index is 1.19. The number of aromatic amines is 1. The number of hydrogen-bond acceptors (Lipinski definition) is 20. The number of nitrogens with two attached hydrogens (primary N) is 1. The number of aliphatic hydroxyl groups is 2. The first kappa shape index (κ1) is 89.2. The summed E-state index contributed by atoms with van der Waals surface area (Å²) in [6.45, 7) is 9.28. The van der Waals surface area contributed by atoms with Crippen LogP contribution in [0, 0.1) is 11.3 Å². The molecule has 2 fully saturated rings. The van der Waals surface area contributed by atoms with Crippen molar-refractivity contribution >= 4 is 111 Å². The van der Waals surface area contributed by atoms with Crippen LogP contribution in [0.2, 0.25) is 0 Å². The number of pyridine rings is 1. The molecule has 3 aromatic carbocycles. The molecule has 5 aromatic rings. The van der Waals surface area contributed by atoms with Gasteiger partial charge in [0.1, 0.15) is 83.6 Å². The van der Waals surface area contributed by atoms with Crippen molar-refractivity contribution in [2.75, 3.05) is 18.1 Å². The van der Waals surface area contributed by atoms with Gasteiger partial charge in [0.25, 0.3) is 0 Å². The fourth-order valence-electron chi connectivity index (χ4n) is 13.8. The van der Waals surface area contributed by atoms with Crippen molar-refractivity contribution in [2.45, 2.75) is 234 Å². The van der Waals surface area contributed by atoms with Gasteiger partial charge in [-0.05, 0) is 121 Å². The number of carbonyl (C=O) groups is 13. The molecule has 1 saturated carbocycles. The van der Waals surface area contributed by atoms with Crippen LogP contribution in [-0.4, -0.2) is 204 Å². The van der Waals surface area contributed by atoms with Crippen molar-refractivity contribution in [1.29, 1.82) is 0 Å². The van der Waals surface area contributed by atoms with Gasteiger partial charge in [0.2, 0.25) is 76.8 Å². The molecule has 2 aromatic heterocycles. The number of rotatable bonds is 12. The van der Waals surface area contributed by atoms with Crippen LogP contribution in [0.5, 0.6) is 11.5 Å². The highest BCUT2D eigenvalue weighted by molar-refractivity contribution is 7.98. The lowest BCUT2D eigenvalue weighted by molar-refractivity contribution is -0.138. The highest BCUT2D eigenvalue weighted by Crippen LogP contribution is 2.29. The molecule has 19 N–H and O–H groups in total. The van der Waals surface area contributed by atoms with Crippen LogP contribution < -0.4 is 69.5 Å². The quantitative estimate of drug-likeness (QED) is 0.0844. The number of primary amides is 1. The Hall–Kier alpha value is -10.3.